The average molecular weight is 1180 g/mol. The van der Waals surface area contributed by atoms with Crippen molar-refractivity contribution in [2.45, 2.75) is 140 Å². The highest BCUT2D eigenvalue weighted by molar-refractivity contribution is 7.13. The standard InChI is InChI=1S/C63H72FN11O9S/c1-6-37-9-7-10-40-21-44(76)22-47(53(37)40)55-54(64)56-48(25-65-55)58(72-26-41-15-16-42(27-72)68-41)70-61(69-56)82-32-63-18-8-20-75(63)43(17-19-63)31-81-62(80)73-29-46(30-73)83-51-24-50(84-71-51)52(34(2)3)60(79)74-28-45(77)23-49(74)59(78)67-35(4)38-11-13-39(14-12-38)57-36(5)66-33-85-57/h7,9-14,21-22,24-25,33-35,41-43,45-46,49,52,68,76-77H,6,8,15-20,23,26-32H2,1-5H3,(H,67,78)/t35-,41?,42?,43-,45+,49-,52-,63-/m0/s1. The van der Waals surface area contributed by atoms with Crippen molar-refractivity contribution in [3.63, 3.8) is 0 Å². The van der Waals surface area contributed by atoms with E-state index in [1.54, 1.807) is 40.6 Å². The number of aliphatic hydroxyl groups excluding tert-OH is 1. The number of carbonyl (C=O) groups excluding carboxylic acids is 3. The van der Waals surface area contributed by atoms with Crippen LogP contribution in [0.2, 0.25) is 0 Å². The van der Waals surface area contributed by atoms with E-state index in [-0.39, 0.29) is 115 Å². The molecular weight excluding hydrogens is 1110 g/mol. The Labute approximate surface area is 496 Å². The number of hydrogen-bond donors (Lipinski definition) is 4. The summed E-state index contributed by atoms with van der Waals surface area (Å²) in [6, 6.07) is 18.1. The number of carbonyl (C=O) groups is 3. The lowest BCUT2D eigenvalue weighted by Crippen LogP contribution is -2.56. The maximum atomic E-state index is 17.3. The first kappa shape index (κ1) is 56.6. The van der Waals surface area contributed by atoms with Gasteiger partial charge in [-0.25, -0.2) is 14.2 Å². The molecule has 2 unspecified atom stereocenters. The highest BCUT2D eigenvalue weighted by Crippen LogP contribution is 2.44. The van der Waals surface area contributed by atoms with Crippen molar-refractivity contribution in [3.05, 3.63) is 101 Å². The van der Waals surface area contributed by atoms with E-state index in [0.717, 1.165) is 83.1 Å². The number of rotatable bonds is 17. The van der Waals surface area contributed by atoms with Crippen LogP contribution in [0.15, 0.2) is 76.9 Å². The van der Waals surface area contributed by atoms with Crippen molar-refractivity contribution in [2.24, 2.45) is 5.92 Å². The number of amides is 3. The first-order valence-electron chi connectivity index (χ1n) is 30.0. The maximum absolute atomic E-state index is 17.3. The fourth-order valence-electron chi connectivity index (χ4n) is 14.1. The molecule has 4 aromatic heterocycles. The van der Waals surface area contributed by atoms with Crippen LogP contribution in [0, 0.1) is 18.7 Å². The first-order chi connectivity index (χ1) is 41.1. The van der Waals surface area contributed by atoms with Gasteiger partial charge in [0.05, 0.1) is 52.2 Å². The maximum Gasteiger partial charge on any atom is 0.410 e. The fraction of sp³-hybridized carbons (Fsp3) is 0.492. The Balaban J connectivity index is 0.625. The summed E-state index contributed by atoms with van der Waals surface area (Å²) < 4.78 is 41.8. The van der Waals surface area contributed by atoms with Crippen LogP contribution in [0.25, 0.3) is 43.4 Å². The summed E-state index contributed by atoms with van der Waals surface area (Å²) in [6.07, 6.45) is 6.29. The fourth-order valence-corrected chi connectivity index (χ4v) is 14.9. The smallest absolute Gasteiger partial charge is 0.410 e. The van der Waals surface area contributed by atoms with E-state index in [1.807, 2.05) is 75.7 Å². The number of pyridine rings is 1. The van der Waals surface area contributed by atoms with E-state index >= 15 is 4.39 Å². The minimum atomic E-state index is -0.884. The molecule has 446 valence electrons. The van der Waals surface area contributed by atoms with Crippen molar-refractivity contribution in [1.29, 1.82) is 0 Å². The number of piperazine rings is 1. The summed E-state index contributed by atoms with van der Waals surface area (Å²) in [5, 5.41) is 34.6. The number of anilines is 1. The number of phenolic OH excluding ortho intramolecular Hbond substituents is 1. The first-order valence-corrected chi connectivity index (χ1v) is 30.8. The molecule has 13 rings (SSSR count). The number of ether oxygens (including phenoxy) is 3. The Morgan fingerprint density at radius 2 is 1.78 bits per heavy atom. The van der Waals surface area contributed by atoms with Gasteiger partial charge < -0.3 is 54.3 Å². The van der Waals surface area contributed by atoms with Gasteiger partial charge in [-0.15, -0.1) is 11.3 Å². The summed E-state index contributed by atoms with van der Waals surface area (Å²) in [4.78, 5) is 69.3. The van der Waals surface area contributed by atoms with Gasteiger partial charge >= 0.3 is 12.1 Å². The summed E-state index contributed by atoms with van der Waals surface area (Å²) in [5.41, 5.74) is 6.10. The van der Waals surface area contributed by atoms with Crippen molar-refractivity contribution in [2.75, 3.05) is 57.4 Å². The van der Waals surface area contributed by atoms with E-state index in [2.05, 4.69) is 37.5 Å². The largest absolute Gasteiger partial charge is 0.508 e. The molecule has 0 aliphatic carbocycles. The molecule has 3 amide bonds. The predicted molar refractivity (Wildman–Crippen MR) is 317 cm³/mol. The Hall–Kier alpha value is -7.53. The average Bonchev–Trinajstić information content (AvgIpc) is 2.95. The van der Waals surface area contributed by atoms with Gasteiger partial charge in [0.2, 0.25) is 11.8 Å². The minimum Gasteiger partial charge on any atom is -0.508 e. The van der Waals surface area contributed by atoms with Gasteiger partial charge in [0.1, 0.15) is 54.1 Å². The number of aromatic hydroxyl groups is 1. The number of aryl methyl sites for hydroxylation is 2. The number of halogens is 1. The van der Waals surface area contributed by atoms with Gasteiger partial charge in [0.15, 0.2) is 11.6 Å². The second kappa shape index (κ2) is 23.0. The topological polar surface area (TPSA) is 234 Å². The zero-order valence-corrected chi connectivity index (χ0v) is 49.3. The molecule has 0 saturated carbocycles. The SMILES string of the molecule is CCc1cccc2cc(O)cc(-c3ncc4c(N5CC6CCC(C5)N6)nc(OC[C@@]56CCCN5[C@H](COC(=O)N5CC(Oc7cc([C@@H](C(=O)N8C[C@H](O)C[C@H]8C(=O)N[C@@H](C)c8ccc(-c9scnc9C)cc8)C(C)C)on7)C5)CC6)nc4c3F)c12. The Bertz CT molecular complexity index is 3660. The molecule has 3 aromatic carbocycles. The van der Waals surface area contributed by atoms with E-state index in [0.29, 0.717) is 48.4 Å². The number of aliphatic hydroxyl groups is 1. The molecule has 10 heterocycles. The van der Waals surface area contributed by atoms with Crippen LogP contribution < -0.4 is 25.0 Å². The molecule has 0 spiro atoms. The highest BCUT2D eigenvalue weighted by Gasteiger charge is 2.51. The van der Waals surface area contributed by atoms with Crippen LogP contribution in [-0.4, -0.2) is 162 Å². The zero-order valence-electron chi connectivity index (χ0n) is 48.5. The molecule has 85 heavy (non-hydrogen) atoms. The van der Waals surface area contributed by atoms with Crippen molar-refractivity contribution in [1.82, 2.24) is 50.4 Å². The monoisotopic (exact) mass is 1180 g/mol. The van der Waals surface area contributed by atoms with Crippen molar-refractivity contribution < 1.29 is 47.7 Å². The number of benzene rings is 3. The van der Waals surface area contributed by atoms with Gasteiger partial charge in [-0.3, -0.25) is 19.5 Å². The summed E-state index contributed by atoms with van der Waals surface area (Å²) in [5.74, 6) is -1.32. The van der Waals surface area contributed by atoms with Crippen LogP contribution in [-0.2, 0) is 20.7 Å². The molecule has 8 atom stereocenters. The Morgan fingerprint density at radius 3 is 2.53 bits per heavy atom. The Kier molecular flexibility index (Phi) is 15.3. The zero-order chi connectivity index (χ0) is 58.8. The van der Waals surface area contributed by atoms with Gasteiger partial charge in [-0.05, 0) is 116 Å². The summed E-state index contributed by atoms with van der Waals surface area (Å²) >= 11 is 1.58. The lowest BCUT2D eigenvalue weighted by atomic mass is 9.91. The van der Waals surface area contributed by atoms with Crippen LogP contribution in [0.1, 0.15) is 107 Å². The van der Waals surface area contributed by atoms with E-state index in [9.17, 15) is 24.6 Å². The van der Waals surface area contributed by atoms with Crippen LogP contribution in [0.5, 0.6) is 17.6 Å². The third-order valence-electron chi connectivity index (χ3n) is 18.5. The predicted octanol–water partition coefficient (Wildman–Crippen LogP) is 8.47. The quantitative estimate of drug-likeness (QED) is 0.0669. The number of fused-ring (bicyclic) bond motifs is 5. The van der Waals surface area contributed by atoms with Gasteiger partial charge in [0.25, 0.3) is 5.88 Å². The van der Waals surface area contributed by atoms with Crippen LogP contribution in [0.4, 0.5) is 15.0 Å². The molecule has 6 aliphatic heterocycles. The number of hydrogen-bond acceptors (Lipinski definition) is 18. The molecule has 6 saturated heterocycles. The van der Waals surface area contributed by atoms with Gasteiger partial charge in [0, 0.05) is 62.0 Å². The molecular formula is C63H72FN11O9S. The molecule has 4 N–H and O–H groups in total. The van der Waals surface area contributed by atoms with E-state index in [1.165, 1.54) is 4.90 Å². The van der Waals surface area contributed by atoms with E-state index < -0.39 is 30.0 Å². The number of phenols is 1. The summed E-state index contributed by atoms with van der Waals surface area (Å²) in [7, 11) is 0. The van der Waals surface area contributed by atoms with Crippen LogP contribution >= 0.6 is 11.3 Å². The van der Waals surface area contributed by atoms with Crippen LogP contribution in [0.3, 0.4) is 0 Å². The molecule has 20 nitrogen and oxygen atoms in total. The molecule has 6 aliphatic rings. The van der Waals surface area contributed by atoms with Gasteiger partial charge in [-0.1, -0.05) is 63.2 Å². The summed E-state index contributed by atoms with van der Waals surface area (Å²) in [6.45, 7) is 12.9. The number of nitrogens with zero attached hydrogens (tertiary/aromatic N) is 9. The van der Waals surface area contributed by atoms with Gasteiger partial charge in [-0.2, -0.15) is 9.97 Å². The highest BCUT2D eigenvalue weighted by atomic mass is 32.1. The second-order valence-electron chi connectivity index (χ2n) is 24.4. The third kappa shape index (κ3) is 10.9. The number of β-amino-alcohol motifs (C(OH)–C–C–N with tert-alkyl or cyclic N) is 1. The minimum absolute atomic E-state index is 0.00262. The second-order valence-corrected chi connectivity index (χ2v) is 25.3. The van der Waals surface area contributed by atoms with Crippen molar-refractivity contribution >= 4 is 56.7 Å². The number of thiazole rings is 1. The normalized spacial score (nSPS) is 23.9. The molecule has 22 heteroatoms. The number of nitrogens with one attached hydrogen (secondary N) is 2. The molecule has 6 fully saturated rings. The van der Waals surface area contributed by atoms with E-state index in [4.69, 9.17) is 33.7 Å². The Morgan fingerprint density at radius 1 is 0.976 bits per heavy atom. The number of likely N-dealkylation sites (tertiary alicyclic amines) is 2. The number of aromatic nitrogens is 5. The molecule has 0 radical (unpaired) electrons. The molecule has 7 aromatic rings. The lowest BCUT2D eigenvalue weighted by Gasteiger charge is -2.38. The van der Waals surface area contributed by atoms with Crippen molar-refractivity contribution in [3.8, 4) is 39.3 Å². The lowest BCUT2D eigenvalue weighted by molar-refractivity contribution is -0.141. The molecule has 2 bridgehead atoms. The third-order valence-corrected chi connectivity index (χ3v) is 19.5.